The lowest BCUT2D eigenvalue weighted by atomic mass is 10.0. The number of carbonyl (C=O) groups excluding carboxylic acids is 2. The molecule has 3 rings (SSSR count). The zero-order chi connectivity index (χ0) is 21.7. The van der Waals surface area contributed by atoms with Crippen molar-refractivity contribution in [1.29, 1.82) is 0 Å². The van der Waals surface area contributed by atoms with Crippen LogP contribution in [0.4, 0.5) is 11.4 Å². The molecular weight excluding hydrogens is 386 g/mol. The number of rotatable bonds is 9. The van der Waals surface area contributed by atoms with Crippen molar-refractivity contribution in [3.8, 4) is 0 Å². The summed E-state index contributed by atoms with van der Waals surface area (Å²) in [7, 11) is 0. The van der Waals surface area contributed by atoms with Crippen LogP contribution in [0, 0.1) is 10.1 Å². The van der Waals surface area contributed by atoms with Gasteiger partial charge >= 0.3 is 0 Å². The van der Waals surface area contributed by atoms with Crippen LogP contribution in [0.2, 0.25) is 0 Å². The van der Waals surface area contributed by atoms with Crippen molar-refractivity contribution in [2.24, 2.45) is 0 Å². The molecule has 0 spiro atoms. The maximum atomic E-state index is 13.1. The molecule has 8 heteroatoms. The first-order valence-corrected chi connectivity index (χ1v) is 9.67. The van der Waals surface area contributed by atoms with E-state index in [1.807, 2.05) is 32.0 Å². The predicted octanol–water partition coefficient (Wildman–Crippen LogP) is 3.60. The molecule has 0 bridgehead atoms. The summed E-state index contributed by atoms with van der Waals surface area (Å²) < 4.78 is 5.50. The van der Waals surface area contributed by atoms with Gasteiger partial charge in [-0.3, -0.25) is 24.6 Å². The maximum Gasteiger partial charge on any atom is 0.278 e. The standard InChI is InChI=1S/C22H23N3O5/c1-15(2)30-14-6-13-24-21(26)19(16-9-11-18(12-10-16)25(28)29)20(22(24)27)23-17-7-4-3-5-8-17/h3-5,7-12,15,23H,6,13-14H2,1-2H3. The smallest absolute Gasteiger partial charge is 0.278 e. The summed E-state index contributed by atoms with van der Waals surface area (Å²) in [6.45, 7) is 4.49. The molecule has 0 saturated carbocycles. The van der Waals surface area contributed by atoms with Gasteiger partial charge in [-0.05, 0) is 50.1 Å². The molecule has 2 aromatic rings. The highest BCUT2D eigenvalue weighted by Gasteiger charge is 2.39. The van der Waals surface area contributed by atoms with Crippen LogP contribution in [0.3, 0.4) is 0 Å². The van der Waals surface area contributed by atoms with Crippen molar-refractivity contribution in [2.75, 3.05) is 18.5 Å². The number of amides is 2. The van der Waals surface area contributed by atoms with Crippen LogP contribution >= 0.6 is 0 Å². The first-order valence-electron chi connectivity index (χ1n) is 9.67. The van der Waals surface area contributed by atoms with Crippen LogP contribution in [0.15, 0.2) is 60.3 Å². The van der Waals surface area contributed by atoms with Gasteiger partial charge in [0, 0.05) is 31.0 Å². The molecule has 2 amide bonds. The first-order chi connectivity index (χ1) is 14.4. The van der Waals surface area contributed by atoms with Crippen LogP contribution in [0.5, 0.6) is 0 Å². The lowest BCUT2D eigenvalue weighted by Gasteiger charge is -2.16. The number of anilines is 1. The Kier molecular flexibility index (Phi) is 6.58. The zero-order valence-corrected chi connectivity index (χ0v) is 16.8. The SMILES string of the molecule is CC(C)OCCCN1C(=O)C(Nc2ccccc2)=C(c2ccc([N+](=O)[O-])cc2)C1=O. The Morgan fingerprint density at radius 3 is 2.30 bits per heavy atom. The third kappa shape index (κ3) is 4.72. The number of ether oxygens (including phenoxy) is 1. The Bertz CT molecular complexity index is 968. The van der Waals surface area contributed by atoms with E-state index in [0.717, 1.165) is 0 Å². The average molecular weight is 409 g/mol. The van der Waals surface area contributed by atoms with E-state index in [1.54, 1.807) is 12.1 Å². The Labute approximate surface area is 174 Å². The van der Waals surface area contributed by atoms with Gasteiger partial charge in [-0.2, -0.15) is 0 Å². The summed E-state index contributed by atoms with van der Waals surface area (Å²) in [5.41, 5.74) is 1.38. The fraction of sp³-hybridized carbons (Fsp3) is 0.273. The summed E-state index contributed by atoms with van der Waals surface area (Å²) >= 11 is 0. The van der Waals surface area contributed by atoms with Crippen LogP contribution < -0.4 is 5.32 Å². The molecule has 0 saturated heterocycles. The third-order valence-corrected chi connectivity index (χ3v) is 4.56. The molecule has 0 aliphatic carbocycles. The minimum Gasteiger partial charge on any atom is -0.379 e. The number of imide groups is 1. The molecule has 0 aromatic heterocycles. The second-order valence-electron chi connectivity index (χ2n) is 7.08. The number of nitro groups is 1. The molecule has 156 valence electrons. The van der Waals surface area contributed by atoms with E-state index in [-0.39, 0.29) is 29.6 Å². The number of nitrogens with zero attached hydrogens (tertiary/aromatic N) is 2. The Hall–Kier alpha value is -3.52. The van der Waals surface area contributed by atoms with Gasteiger partial charge < -0.3 is 10.1 Å². The predicted molar refractivity (Wildman–Crippen MR) is 113 cm³/mol. The van der Waals surface area contributed by atoms with E-state index in [4.69, 9.17) is 4.74 Å². The molecule has 8 nitrogen and oxygen atoms in total. The lowest BCUT2D eigenvalue weighted by Crippen LogP contribution is -2.34. The molecular formula is C22H23N3O5. The van der Waals surface area contributed by atoms with Crippen molar-refractivity contribution in [1.82, 2.24) is 4.90 Å². The second kappa shape index (κ2) is 9.32. The minimum absolute atomic E-state index is 0.0686. The lowest BCUT2D eigenvalue weighted by molar-refractivity contribution is -0.384. The normalized spacial score (nSPS) is 14.0. The van der Waals surface area contributed by atoms with Gasteiger partial charge in [0.25, 0.3) is 17.5 Å². The number of nitro benzene ring substituents is 1. The Morgan fingerprint density at radius 2 is 1.70 bits per heavy atom. The molecule has 0 unspecified atom stereocenters. The highest BCUT2D eigenvalue weighted by molar-refractivity contribution is 6.36. The Morgan fingerprint density at radius 1 is 1.03 bits per heavy atom. The molecule has 1 aliphatic heterocycles. The van der Waals surface area contributed by atoms with Crippen LogP contribution in [0.25, 0.3) is 5.57 Å². The van der Waals surface area contributed by atoms with Gasteiger partial charge in [0.05, 0.1) is 16.6 Å². The highest BCUT2D eigenvalue weighted by Crippen LogP contribution is 2.31. The van der Waals surface area contributed by atoms with E-state index in [1.165, 1.54) is 29.2 Å². The summed E-state index contributed by atoms with van der Waals surface area (Å²) in [5.74, 6) is -0.862. The number of para-hydroxylation sites is 1. The summed E-state index contributed by atoms with van der Waals surface area (Å²) in [6, 6.07) is 14.7. The first kappa shape index (κ1) is 21.2. The fourth-order valence-corrected chi connectivity index (χ4v) is 3.12. The summed E-state index contributed by atoms with van der Waals surface area (Å²) in [5, 5.41) is 14.0. The van der Waals surface area contributed by atoms with E-state index in [2.05, 4.69) is 5.32 Å². The van der Waals surface area contributed by atoms with Gasteiger partial charge in [-0.1, -0.05) is 18.2 Å². The van der Waals surface area contributed by atoms with Gasteiger partial charge in [-0.15, -0.1) is 0 Å². The highest BCUT2D eigenvalue weighted by atomic mass is 16.6. The number of hydrogen-bond donors (Lipinski definition) is 1. The number of carbonyl (C=O) groups is 2. The number of hydrogen-bond acceptors (Lipinski definition) is 6. The van der Waals surface area contributed by atoms with Gasteiger partial charge in [0.15, 0.2) is 0 Å². The molecule has 1 heterocycles. The van der Waals surface area contributed by atoms with Crippen molar-refractivity contribution in [2.45, 2.75) is 26.4 Å². The van der Waals surface area contributed by atoms with Crippen LogP contribution in [-0.2, 0) is 14.3 Å². The second-order valence-corrected chi connectivity index (χ2v) is 7.08. The van der Waals surface area contributed by atoms with E-state index in [9.17, 15) is 19.7 Å². The topological polar surface area (TPSA) is 102 Å². The monoisotopic (exact) mass is 409 g/mol. The molecule has 0 radical (unpaired) electrons. The van der Waals surface area contributed by atoms with Crippen molar-refractivity contribution >= 4 is 28.8 Å². The average Bonchev–Trinajstić information content (AvgIpc) is 2.95. The molecule has 30 heavy (non-hydrogen) atoms. The molecule has 2 aromatic carbocycles. The van der Waals surface area contributed by atoms with Crippen LogP contribution in [-0.4, -0.2) is 40.9 Å². The van der Waals surface area contributed by atoms with E-state index < -0.39 is 16.7 Å². The van der Waals surface area contributed by atoms with Gasteiger partial charge in [0.1, 0.15) is 5.70 Å². The van der Waals surface area contributed by atoms with Gasteiger partial charge in [-0.25, -0.2) is 0 Å². The quantitative estimate of drug-likeness (QED) is 0.294. The van der Waals surface area contributed by atoms with Crippen molar-refractivity contribution in [3.63, 3.8) is 0 Å². The van der Waals surface area contributed by atoms with E-state index >= 15 is 0 Å². The fourth-order valence-electron chi connectivity index (χ4n) is 3.12. The molecule has 0 atom stereocenters. The Balaban J connectivity index is 1.90. The summed E-state index contributed by atoms with van der Waals surface area (Å²) in [6.07, 6.45) is 0.584. The number of benzene rings is 2. The molecule has 1 N–H and O–H groups in total. The number of nitrogens with one attached hydrogen (secondary N) is 1. The zero-order valence-electron chi connectivity index (χ0n) is 16.8. The third-order valence-electron chi connectivity index (χ3n) is 4.56. The van der Waals surface area contributed by atoms with Gasteiger partial charge in [0.2, 0.25) is 0 Å². The largest absolute Gasteiger partial charge is 0.379 e. The molecule has 0 fully saturated rings. The summed E-state index contributed by atoms with van der Waals surface area (Å²) in [4.78, 5) is 37.8. The van der Waals surface area contributed by atoms with Crippen molar-refractivity contribution < 1.29 is 19.2 Å². The van der Waals surface area contributed by atoms with Crippen molar-refractivity contribution in [3.05, 3.63) is 76.0 Å². The molecule has 1 aliphatic rings. The van der Waals surface area contributed by atoms with Crippen LogP contribution in [0.1, 0.15) is 25.8 Å². The number of non-ortho nitro benzene ring substituents is 1. The maximum absolute atomic E-state index is 13.1. The van der Waals surface area contributed by atoms with E-state index in [0.29, 0.717) is 24.3 Å². The minimum atomic E-state index is -0.510.